The van der Waals surface area contributed by atoms with Gasteiger partial charge in [0.25, 0.3) is 15.9 Å². The van der Waals surface area contributed by atoms with Crippen LogP contribution in [0.25, 0.3) is 0 Å². The fourth-order valence-electron chi connectivity index (χ4n) is 3.61. The number of alkyl halides is 2. The van der Waals surface area contributed by atoms with Crippen molar-refractivity contribution in [1.82, 2.24) is 0 Å². The molecule has 0 aromatic heterocycles. The molecule has 0 amide bonds. The summed E-state index contributed by atoms with van der Waals surface area (Å²) in [7, 11) is -8.03. The van der Waals surface area contributed by atoms with E-state index in [1.807, 2.05) is 0 Å². The fraction of sp³-hybridized carbons (Fsp3) is 0.381. The number of halogens is 2. The van der Waals surface area contributed by atoms with Crippen LogP contribution in [-0.2, 0) is 26.3 Å². The van der Waals surface area contributed by atoms with E-state index < -0.39 is 44.6 Å². The lowest BCUT2D eigenvalue weighted by atomic mass is 10.1. The number of benzene rings is 2. The summed E-state index contributed by atoms with van der Waals surface area (Å²) in [6.07, 6.45) is 0.419. The number of hydrogen-bond donors (Lipinski definition) is 2. The van der Waals surface area contributed by atoms with Crippen LogP contribution < -0.4 is 9.62 Å². The summed E-state index contributed by atoms with van der Waals surface area (Å²) in [5, 5.41) is 9.26. The van der Waals surface area contributed by atoms with Crippen LogP contribution in [0.4, 0.5) is 20.2 Å². The van der Waals surface area contributed by atoms with Crippen molar-refractivity contribution in [2.75, 3.05) is 29.0 Å². The summed E-state index contributed by atoms with van der Waals surface area (Å²) in [6, 6.07) is 7.54. The number of carboxylic acid groups (broad SMARTS) is 1. The van der Waals surface area contributed by atoms with Gasteiger partial charge in [-0.2, -0.15) is 0 Å². The number of aromatic carboxylic acids is 1. The third-order valence-corrected chi connectivity index (χ3v) is 8.02. The average molecular weight is 503 g/mol. The summed E-state index contributed by atoms with van der Waals surface area (Å²) < 4.78 is 80.3. The first-order valence-electron chi connectivity index (χ1n) is 10.1. The molecule has 0 aliphatic carbocycles. The minimum atomic E-state index is -4.34. The molecule has 2 aromatic rings. The minimum absolute atomic E-state index is 0.0470. The molecule has 3 rings (SSSR count). The number of sulfonamides is 1. The molecule has 1 heterocycles. The van der Waals surface area contributed by atoms with Gasteiger partial charge in [0.05, 0.1) is 26.7 Å². The summed E-state index contributed by atoms with van der Waals surface area (Å²) >= 11 is 0. The SMILES string of the molecule is CCc1ccc(C(=O)O)cc1S(=O)(=O)Nc1cc(S(C)(=O)=O)ccc1N1CCC(F)(F)CC1. The molecule has 2 aromatic carbocycles. The molecule has 12 heteroatoms. The highest BCUT2D eigenvalue weighted by Gasteiger charge is 2.35. The molecule has 0 unspecified atom stereocenters. The monoisotopic (exact) mass is 502 g/mol. The van der Waals surface area contributed by atoms with Gasteiger partial charge in [-0.05, 0) is 42.3 Å². The van der Waals surface area contributed by atoms with Crippen molar-refractivity contribution in [3.05, 3.63) is 47.5 Å². The summed E-state index contributed by atoms with van der Waals surface area (Å²) in [6.45, 7) is 1.61. The Kier molecular flexibility index (Phi) is 6.72. The Morgan fingerprint density at radius 1 is 1.09 bits per heavy atom. The Morgan fingerprint density at radius 3 is 2.27 bits per heavy atom. The lowest BCUT2D eigenvalue weighted by Gasteiger charge is -2.34. The summed E-state index contributed by atoms with van der Waals surface area (Å²) in [5.41, 5.74) is 0.307. The van der Waals surface area contributed by atoms with Gasteiger partial charge in [0.1, 0.15) is 0 Å². The zero-order chi connectivity index (χ0) is 24.6. The van der Waals surface area contributed by atoms with Crippen LogP contribution in [0.3, 0.4) is 0 Å². The maximum Gasteiger partial charge on any atom is 0.335 e. The van der Waals surface area contributed by atoms with Gasteiger partial charge in [-0.25, -0.2) is 30.4 Å². The standard InChI is InChI=1S/C21H24F2N2O6S2/c1-3-14-4-5-15(20(26)27)12-19(14)33(30,31)24-17-13-16(32(2,28)29)6-7-18(17)25-10-8-21(22,23)9-11-25/h4-7,12-13,24H,3,8-11H2,1-2H3,(H,26,27). The molecular weight excluding hydrogens is 478 g/mol. The second kappa shape index (κ2) is 8.90. The first-order valence-corrected chi connectivity index (χ1v) is 13.5. The van der Waals surface area contributed by atoms with Crippen molar-refractivity contribution >= 4 is 37.2 Å². The second-order valence-corrected chi connectivity index (χ2v) is 11.5. The van der Waals surface area contributed by atoms with E-state index in [1.165, 1.54) is 24.3 Å². The van der Waals surface area contributed by atoms with E-state index in [0.29, 0.717) is 12.0 Å². The van der Waals surface area contributed by atoms with E-state index in [0.717, 1.165) is 18.4 Å². The van der Waals surface area contributed by atoms with Gasteiger partial charge in [-0.1, -0.05) is 13.0 Å². The van der Waals surface area contributed by atoms with Gasteiger partial charge in [-0.15, -0.1) is 0 Å². The van der Waals surface area contributed by atoms with Gasteiger partial charge in [-0.3, -0.25) is 4.72 Å². The fourth-order valence-corrected chi connectivity index (χ4v) is 5.66. The lowest BCUT2D eigenvalue weighted by Crippen LogP contribution is -2.39. The predicted molar refractivity (Wildman–Crippen MR) is 120 cm³/mol. The van der Waals surface area contributed by atoms with Crippen LogP contribution in [0.1, 0.15) is 35.7 Å². The molecule has 1 aliphatic rings. The molecule has 0 radical (unpaired) electrons. The summed E-state index contributed by atoms with van der Waals surface area (Å²) in [5.74, 6) is -4.13. The van der Waals surface area contributed by atoms with Crippen molar-refractivity contribution in [1.29, 1.82) is 0 Å². The topological polar surface area (TPSA) is 121 Å². The highest BCUT2D eigenvalue weighted by molar-refractivity contribution is 7.92. The molecule has 0 saturated carbocycles. The first-order chi connectivity index (χ1) is 15.2. The Balaban J connectivity index is 2.09. The van der Waals surface area contributed by atoms with E-state index in [-0.39, 0.29) is 39.8 Å². The molecule has 180 valence electrons. The number of hydrogen-bond acceptors (Lipinski definition) is 6. The number of anilines is 2. The van der Waals surface area contributed by atoms with Gasteiger partial charge in [0, 0.05) is 32.2 Å². The molecule has 2 N–H and O–H groups in total. The van der Waals surface area contributed by atoms with Gasteiger partial charge >= 0.3 is 5.97 Å². The summed E-state index contributed by atoms with van der Waals surface area (Å²) in [4.78, 5) is 12.5. The predicted octanol–water partition coefficient (Wildman–Crippen LogP) is 3.39. The van der Waals surface area contributed by atoms with E-state index in [4.69, 9.17) is 0 Å². The minimum Gasteiger partial charge on any atom is -0.478 e. The van der Waals surface area contributed by atoms with E-state index in [1.54, 1.807) is 11.8 Å². The van der Waals surface area contributed by atoms with Crippen molar-refractivity contribution in [2.24, 2.45) is 0 Å². The number of carbonyl (C=O) groups is 1. The van der Waals surface area contributed by atoms with Gasteiger partial charge in [0.15, 0.2) is 9.84 Å². The van der Waals surface area contributed by atoms with Crippen LogP contribution in [0, 0.1) is 0 Å². The molecule has 1 saturated heterocycles. The normalized spacial score (nSPS) is 16.4. The third kappa shape index (κ3) is 5.61. The first kappa shape index (κ1) is 24.9. The molecule has 1 aliphatic heterocycles. The Morgan fingerprint density at radius 2 is 1.73 bits per heavy atom. The lowest BCUT2D eigenvalue weighted by molar-refractivity contribution is -0.0220. The number of piperidine rings is 1. The Bertz CT molecular complexity index is 1280. The van der Waals surface area contributed by atoms with Crippen LogP contribution in [0.5, 0.6) is 0 Å². The molecule has 8 nitrogen and oxygen atoms in total. The number of nitrogens with one attached hydrogen (secondary N) is 1. The van der Waals surface area contributed by atoms with Crippen LogP contribution in [0.15, 0.2) is 46.2 Å². The average Bonchev–Trinajstić information content (AvgIpc) is 2.72. The molecule has 0 bridgehead atoms. The number of rotatable bonds is 7. The Hall–Kier alpha value is -2.73. The maximum atomic E-state index is 13.6. The molecule has 0 atom stereocenters. The van der Waals surface area contributed by atoms with Crippen molar-refractivity contribution in [3.8, 4) is 0 Å². The Labute approximate surface area is 191 Å². The number of aryl methyl sites for hydroxylation is 1. The van der Waals surface area contributed by atoms with Crippen LogP contribution in [-0.4, -0.2) is 53.2 Å². The van der Waals surface area contributed by atoms with E-state index in [9.17, 15) is 35.5 Å². The highest BCUT2D eigenvalue weighted by Crippen LogP contribution is 2.36. The van der Waals surface area contributed by atoms with E-state index in [2.05, 4.69) is 4.72 Å². The van der Waals surface area contributed by atoms with Crippen molar-refractivity contribution in [2.45, 2.75) is 41.9 Å². The number of sulfone groups is 1. The quantitative estimate of drug-likeness (QED) is 0.595. The molecular formula is C21H24F2N2O6S2. The van der Waals surface area contributed by atoms with Gasteiger partial charge < -0.3 is 10.0 Å². The third-order valence-electron chi connectivity index (χ3n) is 5.46. The van der Waals surface area contributed by atoms with Crippen LogP contribution in [0.2, 0.25) is 0 Å². The zero-order valence-electron chi connectivity index (χ0n) is 18.0. The number of nitrogens with zero attached hydrogens (tertiary/aromatic N) is 1. The zero-order valence-corrected chi connectivity index (χ0v) is 19.6. The maximum absolute atomic E-state index is 13.6. The highest BCUT2D eigenvalue weighted by atomic mass is 32.2. The number of carboxylic acids is 1. The van der Waals surface area contributed by atoms with E-state index >= 15 is 0 Å². The van der Waals surface area contributed by atoms with Gasteiger partial charge in [0.2, 0.25) is 0 Å². The van der Waals surface area contributed by atoms with Crippen molar-refractivity contribution in [3.63, 3.8) is 0 Å². The second-order valence-electron chi connectivity index (χ2n) is 7.88. The smallest absolute Gasteiger partial charge is 0.335 e. The molecule has 0 spiro atoms. The van der Waals surface area contributed by atoms with Crippen LogP contribution >= 0.6 is 0 Å². The molecule has 33 heavy (non-hydrogen) atoms. The largest absolute Gasteiger partial charge is 0.478 e. The molecule has 1 fully saturated rings. The van der Waals surface area contributed by atoms with Crippen molar-refractivity contribution < 1.29 is 35.5 Å².